The van der Waals surface area contributed by atoms with Crippen LogP contribution in [0.1, 0.15) is 84.2 Å². The summed E-state index contributed by atoms with van der Waals surface area (Å²) < 4.78 is 75.3. The summed E-state index contributed by atoms with van der Waals surface area (Å²) >= 11 is 0. The number of benzene rings is 3. The van der Waals surface area contributed by atoms with Crippen LogP contribution in [-0.2, 0) is 34.1 Å². The molecule has 19 heteroatoms. The Hall–Kier alpha value is -4.96. The number of sulfonamides is 1. The molecule has 17 nitrogen and oxygen atoms in total. The van der Waals surface area contributed by atoms with Gasteiger partial charge in [-0.1, -0.05) is 68.4 Å². The number of anilines is 1. The molecule has 2 aromatic heterocycles. The van der Waals surface area contributed by atoms with Gasteiger partial charge in [0, 0.05) is 24.7 Å². The van der Waals surface area contributed by atoms with E-state index in [-0.39, 0.29) is 54.8 Å². The van der Waals surface area contributed by atoms with Crippen LogP contribution in [0.5, 0.6) is 11.5 Å². The minimum absolute atomic E-state index is 0.0175. The first-order valence-electron chi connectivity index (χ1n) is 21.9. The quantitative estimate of drug-likeness (QED) is 0.0423. The normalized spacial score (nSPS) is 21.6. The van der Waals surface area contributed by atoms with E-state index in [1.54, 1.807) is 25.7 Å². The lowest BCUT2D eigenvalue weighted by molar-refractivity contribution is -0.120. The van der Waals surface area contributed by atoms with Gasteiger partial charge in [-0.25, -0.2) is 18.1 Å². The van der Waals surface area contributed by atoms with Crippen molar-refractivity contribution in [3.05, 3.63) is 112 Å². The van der Waals surface area contributed by atoms with Gasteiger partial charge >= 0.3 is 0 Å². The molecule has 2 fully saturated rings. The lowest BCUT2D eigenvalue weighted by atomic mass is 9.80. The van der Waals surface area contributed by atoms with Crippen molar-refractivity contribution in [1.82, 2.24) is 28.5 Å². The van der Waals surface area contributed by atoms with Crippen LogP contribution in [0.4, 0.5) is 5.95 Å². The number of nitrogens with zero attached hydrogens (tertiary/aromatic N) is 6. The van der Waals surface area contributed by atoms with Gasteiger partial charge in [0.2, 0.25) is 20.9 Å². The van der Waals surface area contributed by atoms with E-state index in [4.69, 9.17) is 33.0 Å². The molecule has 6 atom stereocenters. The van der Waals surface area contributed by atoms with Crippen LogP contribution in [-0.4, -0.2) is 106 Å². The minimum Gasteiger partial charge on any atom is -0.497 e. The molecular formula is C46H59N8O9PS. The SMILES string of the molecule is CCC(C)Nc1nc2c(ncn2[C@@H]2O[C@]3(COC(c4ccccc4)(c4ccc(OC)cc4)c4ccc(OC)cc4)[C@@H](OP(OCCC#N)N(C(C)C)C(C)C)[C@H]2N(CC)S3(=O)=O)c(=O)[nH]1. The summed E-state index contributed by atoms with van der Waals surface area (Å²) in [5, 5.41) is 12.8. The summed E-state index contributed by atoms with van der Waals surface area (Å²) in [5.41, 5.74) is 0.374. The molecule has 5 aromatic rings. The van der Waals surface area contributed by atoms with E-state index in [1.165, 1.54) is 10.6 Å². The van der Waals surface area contributed by atoms with Crippen LogP contribution >= 0.6 is 8.53 Å². The van der Waals surface area contributed by atoms with Crippen molar-refractivity contribution in [2.75, 3.05) is 39.3 Å². The fraction of sp³-hybridized carbons (Fsp3) is 0.478. The van der Waals surface area contributed by atoms with Gasteiger partial charge in [0.25, 0.3) is 14.1 Å². The topological polar surface area (TPSA) is 195 Å². The smallest absolute Gasteiger partial charge is 0.280 e. The third-order valence-corrected chi connectivity index (χ3v) is 16.5. The maximum absolute atomic E-state index is 15.5. The molecule has 65 heavy (non-hydrogen) atoms. The number of aromatic nitrogens is 4. The molecule has 7 rings (SSSR count). The van der Waals surface area contributed by atoms with Crippen molar-refractivity contribution in [2.24, 2.45) is 0 Å². The predicted molar refractivity (Wildman–Crippen MR) is 248 cm³/mol. The maximum Gasteiger partial charge on any atom is 0.280 e. The van der Waals surface area contributed by atoms with Gasteiger partial charge in [0.15, 0.2) is 17.4 Å². The molecule has 2 aliphatic rings. The molecule has 0 spiro atoms. The molecule has 2 N–H and O–H groups in total. The zero-order chi connectivity index (χ0) is 46.7. The molecule has 2 saturated heterocycles. The summed E-state index contributed by atoms with van der Waals surface area (Å²) in [6.07, 6.45) is -0.0759. The number of nitrogens with one attached hydrogen (secondary N) is 2. The van der Waals surface area contributed by atoms with E-state index < -0.39 is 59.6 Å². The lowest BCUT2D eigenvalue weighted by Gasteiger charge is -2.41. The van der Waals surface area contributed by atoms with Gasteiger partial charge in [-0.2, -0.15) is 14.6 Å². The highest BCUT2D eigenvalue weighted by molar-refractivity contribution is 7.90. The van der Waals surface area contributed by atoms with Crippen LogP contribution in [0.25, 0.3) is 11.2 Å². The summed E-state index contributed by atoms with van der Waals surface area (Å²) in [7, 11) is -3.31. The van der Waals surface area contributed by atoms with Crippen molar-refractivity contribution in [2.45, 2.75) is 108 Å². The molecule has 0 aliphatic carbocycles. The Labute approximate surface area is 382 Å². The van der Waals surface area contributed by atoms with Crippen LogP contribution in [0.15, 0.2) is 90.0 Å². The Morgan fingerprint density at radius 1 is 0.954 bits per heavy atom. The molecule has 2 unspecified atom stereocenters. The number of nitriles is 1. The Morgan fingerprint density at radius 3 is 2.09 bits per heavy atom. The monoisotopic (exact) mass is 930 g/mol. The van der Waals surface area contributed by atoms with Crippen molar-refractivity contribution in [3.63, 3.8) is 0 Å². The summed E-state index contributed by atoms with van der Waals surface area (Å²) in [6, 6.07) is 25.3. The summed E-state index contributed by atoms with van der Waals surface area (Å²) in [5.74, 6) is 1.47. The number of H-pyrrole nitrogens is 1. The molecule has 3 aromatic carbocycles. The number of imidazole rings is 1. The third-order valence-electron chi connectivity index (χ3n) is 12.0. The van der Waals surface area contributed by atoms with Crippen molar-refractivity contribution in [3.8, 4) is 17.6 Å². The van der Waals surface area contributed by atoms with Gasteiger partial charge in [-0.15, -0.1) is 0 Å². The first kappa shape index (κ1) is 48.0. The van der Waals surface area contributed by atoms with E-state index >= 15 is 8.42 Å². The number of likely N-dealkylation sites (N-methyl/N-ethyl adjacent to an activating group) is 1. The van der Waals surface area contributed by atoms with Crippen LogP contribution in [0, 0.1) is 11.3 Å². The van der Waals surface area contributed by atoms with Gasteiger partial charge < -0.3 is 33.3 Å². The summed E-state index contributed by atoms with van der Waals surface area (Å²) in [6.45, 7) is 13.3. The van der Waals surface area contributed by atoms with Crippen LogP contribution in [0.2, 0.25) is 0 Å². The number of aromatic amines is 1. The Morgan fingerprint density at radius 2 is 1.55 bits per heavy atom. The van der Waals surface area contributed by atoms with E-state index in [0.717, 1.165) is 6.42 Å². The first-order chi connectivity index (χ1) is 31.2. The highest BCUT2D eigenvalue weighted by atomic mass is 32.2. The van der Waals surface area contributed by atoms with E-state index in [1.807, 2.05) is 125 Å². The Kier molecular flexibility index (Phi) is 14.7. The molecule has 0 radical (unpaired) electrons. The van der Waals surface area contributed by atoms with Crippen molar-refractivity contribution < 1.29 is 36.4 Å². The van der Waals surface area contributed by atoms with E-state index in [9.17, 15) is 10.1 Å². The average molecular weight is 931 g/mol. The average Bonchev–Trinajstić information content (AvgIpc) is 3.92. The number of fused-ring (bicyclic) bond motifs is 3. The largest absolute Gasteiger partial charge is 0.497 e. The number of rotatable bonds is 21. The number of ether oxygens (including phenoxy) is 4. The van der Waals surface area contributed by atoms with E-state index in [0.29, 0.717) is 28.2 Å². The highest BCUT2D eigenvalue weighted by Crippen LogP contribution is 2.60. The Bertz CT molecular complexity index is 2550. The van der Waals surface area contributed by atoms with Gasteiger partial charge in [0.05, 0.1) is 46.3 Å². The van der Waals surface area contributed by atoms with Gasteiger partial charge in [0.1, 0.15) is 29.2 Å². The van der Waals surface area contributed by atoms with Crippen LogP contribution in [0.3, 0.4) is 0 Å². The molecule has 348 valence electrons. The van der Waals surface area contributed by atoms with Gasteiger partial charge in [-0.3, -0.25) is 14.3 Å². The summed E-state index contributed by atoms with van der Waals surface area (Å²) in [4.78, 5) is 23.3. The fourth-order valence-corrected chi connectivity index (χ4v) is 12.8. The molecule has 2 aliphatic heterocycles. The highest BCUT2D eigenvalue weighted by Gasteiger charge is 2.76. The van der Waals surface area contributed by atoms with Crippen LogP contribution < -0.4 is 20.3 Å². The zero-order valence-electron chi connectivity index (χ0n) is 38.3. The zero-order valence-corrected chi connectivity index (χ0v) is 40.0. The second kappa shape index (κ2) is 19.9. The second-order valence-corrected chi connectivity index (χ2v) is 20.1. The minimum atomic E-state index is -4.46. The number of hydrogen-bond acceptors (Lipinski definition) is 14. The molecule has 0 amide bonds. The maximum atomic E-state index is 15.5. The molecular weight excluding hydrogens is 872 g/mol. The Balaban J connectivity index is 1.46. The van der Waals surface area contributed by atoms with Crippen molar-refractivity contribution in [1.29, 1.82) is 5.26 Å². The van der Waals surface area contributed by atoms with E-state index in [2.05, 4.69) is 21.4 Å². The fourth-order valence-electron chi connectivity index (χ4n) is 8.74. The molecule has 0 saturated carbocycles. The van der Waals surface area contributed by atoms with Crippen molar-refractivity contribution >= 4 is 35.7 Å². The van der Waals surface area contributed by atoms with Gasteiger partial charge in [-0.05, 0) is 82.0 Å². The lowest BCUT2D eigenvalue weighted by Crippen LogP contribution is -2.54. The number of hydrogen-bond donors (Lipinski definition) is 2. The molecule has 2 bridgehead atoms. The second-order valence-electron chi connectivity index (χ2n) is 16.6. The first-order valence-corrected chi connectivity index (χ1v) is 24.4. The molecule has 4 heterocycles. The number of methoxy groups -OCH3 is 2. The third kappa shape index (κ3) is 8.76. The standard InChI is InChI=1S/C46H59N8O9PS/c1-10-32(7)49-44-50-41-38(42(55)51-44)48-29-52(41)43-39-40(63-64(61-27-15-26-47)54(30(3)4)31(5)6)45(62-43,65(56,57)53(39)11-2)28-60-46(33-16-13-12-14-17-33,34-18-22-36(58-8)23-19-34)35-20-24-37(59-9)25-21-35/h12-14,16-25,29-32,39-40,43H,10-11,15,27-28H2,1-9H3,(H2,49,50,51,55)/t32?,39-,40+,43-,45+,64?/m1/s1. The predicted octanol–water partition coefficient (Wildman–Crippen LogP) is 7.28.